The first-order valence-electron chi connectivity index (χ1n) is 6.21. The molecule has 1 heterocycles. The summed E-state index contributed by atoms with van der Waals surface area (Å²) in [5.74, 6) is 0.710. The summed E-state index contributed by atoms with van der Waals surface area (Å²) in [5.41, 5.74) is 0. The van der Waals surface area contributed by atoms with E-state index in [4.69, 9.17) is 4.74 Å². The maximum absolute atomic E-state index is 9.50. The van der Waals surface area contributed by atoms with Crippen molar-refractivity contribution < 1.29 is 9.84 Å². The molecule has 1 saturated carbocycles. The lowest BCUT2D eigenvalue weighted by Crippen LogP contribution is -2.37. The second kappa shape index (κ2) is 5.28. The molecule has 3 nitrogen and oxygen atoms in total. The molecule has 0 bridgehead atoms. The fraction of sp³-hybridized carbons (Fsp3) is 1.00. The Bertz CT molecular complexity index is 192. The molecule has 0 spiro atoms. The molecular formula is C12H23NO2. The van der Waals surface area contributed by atoms with E-state index in [2.05, 4.69) is 11.9 Å². The summed E-state index contributed by atoms with van der Waals surface area (Å²) in [4.78, 5) is 2.43. The van der Waals surface area contributed by atoms with Gasteiger partial charge in [-0.05, 0) is 45.1 Å². The first kappa shape index (κ1) is 11.4. The maximum Gasteiger partial charge on any atom is 0.0555 e. The van der Waals surface area contributed by atoms with Crippen molar-refractivity contribution in [3.63, 3.8) is 0 Å². The monoisotopic (exact) mass is 213 g/mol. The van der Waals surface area contributed by atoms with Gasteiger partial charge in [-0.15, -0.1) is 0 Å². The van der Waals surface area contributed by atoms with Crippen LogP contribution in [0.3, 0.4) is 0 Å². The molecule has 3 atom stereocenters. The van der Waals surface area contributed by atoms with Gasteiger partial charge in [0.2, 0.25) is 0 Å². The van der Waals surface area contributed by atoms with Crippen LogP contribution in [0.2, 0.25) is 0 Å². The Labute approximate surface area is 92.4 Å². The van der Waals surface area contributed by atoms with Crippen LogP contribution in [0.5, 0.6) is 0 Å². The number of ether oxygens (including phenoxy) is 1. The zero-order valence-electron chi connectivity index (χ0n) is 9.69. The van der Waals surface area contributed by atoms with Gasteiger partial charge in [-0.3, -0.25) is 0 Å². The Balaban J connectivity index is 1.73. The minimum Gasteiger partial charge on any atom is -0.393 e. The van der Waals surface area contributed by atoms with Gasteiger partial charge in [0, 0.05) is 19.2 Å². The molecule has 0 aromatic rings. The quantitative estimate of drug-likeness (QED) is 0.766. The molecule has 3 unspecified atom stereocenters. The third kappa shape index (κ3) is 3.16. The zero-order valence-corrected chi connectivity index (χ0v) is 9.69. The van der Waals surface area contributed by atoms with Crippen LogP contribution in [-0.4, -0.2) is 49.0 Å². The van der Waals surface area contributed by atoms with Crippen molar-refractivity contribution in [1.29, 1.82) is 0 Å². The van der Waals surface area contributed by atoms with Crippen LogP contribution in [0, 0.1) is 5.92 Å². The standard InChI is InChI=1S/C12H23NO2/c1-13(11-4-5-12(14)7-11)8-10-3-2-6-15-9-10/h10-12,14H,2-9H2,1H3. The molecular weight excluding hydrogens is 190 g/mol. The second-order valence-electron chi connectivity index (χ2n) is 5.14. The summed E-state index contributed by atoms with van der Waals surface area (Å²) < 4.78 is 5.49. The number of hydrogen-bond acceptors (Lipinski definition) is 3. The molecule has 3 heteroatoms. The SMILES string of the molecule is CN(CC1CCCOC1)C1CCC(O)C1. The minimum atomic E-state index is -0.0555. The van der Waals surface area contributed by atoms with E-state index in [0.29, 0.717) is 12.0 Å². The number of aliphatic hydroxyl groups is 1. The van der Waals surface area contributed by atoms with E-state index in [1.54, 1.807) is 0 Å². The summed E-state index contributed by atoms with van der Waals surface area (Å²) in [6.07, 6.45) is 5.57. The zero-order chi connectivity index (χ0) is 10.7. The molecule has 1 saturated heterocycles. The van der Waals surface area contributed by atoms with Crippen LogP contribution in [0.4, 0.5) is 0 Å². The highest BCUT2D eigenvalue weighted by atomic mass is 16.5. The Hall–Kier alpha value is -0.120. The molecule has 2 rings (SSSR count). The van der Waals surface area contributed by atoms with Crippen molar-refractivity contribution in [2.45, 2.75) is 44.2 Å². The fourth-order valence-electron chi connectivity index (χ4n) is 2.84. The van der Waals surface area contributed by atoms with Gasteiger partial charge in [-0.2, -0.15) is 0 Å². The lowest BCUT2D eigenvalue weighted by atomic mass is 10.0. The van der Waals surface area contributed by atoms with Crippen molar-refractivity contribution in [2.75, 3.05) is 26.8 Å². The fourth-order valence-corrected chi connectivity index (χ4v) is 2.84. The Morgan fingerprint density at radius 2 is 2.20 bits per heavy atom. The highest BCUT2D eigenvalue weighted by Crippen LogP contribution is 2.25. The van der Waals surface area contributed by atoms with Crippen LogP contribution in [0.1, 0.15) is 32.1 Å². The molecule has 88 valence electrons. The predicted molar refractivity (Wildman–Crippen MR) is 59.8 cm³/mol. The van der Waals surface area contributed by atoms with Crippen LogP contribution in [0.25, 0.3) is 0 Å². The van der Waals surface area contributed by atoms with Crippen LogP contribution in [-0.2, 0) is 4.74 Å². The number of rotatable bonds is 3. The first-order chi connectivity index (χ1) is 7.25. The van der Waals surface area contributed by atoms with Gasteiger partial charge in [0.1, 0.15) is 0 Å². The molecule has 2 aliphatic rings. The maximum atomic E-state index is 9.50. The lowest BCUT2D eigenvalue weighted by molar-refractivity contribution is 0.0355. The average molecular weight is 213 g/mol. The van der Waals surface area contributed by atoms with Crippen molar-refractivity contribution in [2.24, 2.45) is 5.92 Å². The molecule has 0 radical (unpaired) electrons. The number of nitrogens with zero attached hydrogens (tertiary/aromatic N) is 1. The second-order valence-corrected chi connectivity index (χ2v) is 5.14. The average Bonchev–Trinajstić information content (AvgIpc) is 2.66. The molecule has 1 aliphatic carbocycles. The third-order valence-corrected chi connectivity index (χ3v) is 3.80. The van der Waals surface area contributed by atoms with E-state index in [-0.39, 0.29) is 6.10 Å². The highest BCUT2D eigenvalue weighted by molar-refractivity contribution is 4.82. The van der Waals surface area contributed by atoms with E-state index in [9.17, 15) is 5.11 Å². The van der Waals surface area contributed by atoms with Crippen molar-refractivity contribution in [3.05, 3.63) is 0 Å². The topological polar surface area (TPSA) is 32.7 Å². The van der Waals surface area contributed by atoms with Crippen molar-refractivity contribution >= 4 is 0 Å². The number of hydrogen-bond donors (Lipinski definition) is 1. The third-order valence-electron chi connectivity index (χ3n) is 3.80. The number of aliphatic hydroxyl groups excluding tert-OH is 1. The first-order valence-corrected chi connectivity index (χ1v) is 6.21. The van der Waals surface area contributed by atoms with Crippen molar-refractivity contribution in [1.82, 2.24) is 4.90 Å². The van der Waals surface area contributed by atoms with E-state index >= 15 is 0 Å². The summed E-state index contributed by atoms with van der Waals surface area (Å²) in [6.45, 7) is 3.01. The summed E-state index contributed by atoms with van der Waals surface area (Å²) in [7, 11) is 2.19. The Kier molecular flexibility index (Phi) is 4.00. The van der Waals surface area contributed by atoms with E-state index in [1.807, 2.05) is 0 Å². The van der Waals surface area contributed by atoms with Gasteiger partial charge in [0.15, 0.2) is 0 Å². The molecule has 0 aromatic carbocycles. The summed E-state index contributed by atoms with van der Waals surface area (Å²) in [6, 6.07) is 0.599. The van der Waals surface area contributed by atoms with Crippen LogP contribution >= 0.6 is 0 Å². The molecule has 1 N–H and O–H groups in total. The molecule has 2 fully saturated rings. The van der Waals surface area contributed by atoms with E-state index < -0.39 is 0 Å². The molecule has 0 amide bonds. The van der Waals surface area contributed by atoms with Crippen LogP contribution in [0.15, 0.2) is 0 Å². The Morgan fingerprint density at radius 1 is 1.33 bits per heavy atom. The van der Waals surface area contributed by atoms with Gasteiger partial charge in [-0.1, -0.05) is 0 Å². The van der Waals surface area contributed by atoms with E-state index in [0.717, 1.165) is 39.0 Å². The summed E-state index contributed by atoms with van der Waals surface area (Å²) >= 11 is 0. The predicted octanol–water partition coefficient (Wildman–Crippen LogP) is 1.26. The van der Waals surface area contributed by atoms with Gasteiger partial charge in [0.25, 0.3) is 0 Å². The normalized spacial score (nSPS) is 37.4. The van der Waals surface area contributed by atoms with Gasteiger partial charge in [0.05, 0.1) is 12.7 Å². The van der Waals surface area contributed by atoms with Crippen LogP contribution < -0.4 is 0 Å². The van der Waals surface area contributed by atoms with Gasteiger partial charge in [-0.25, -0.2) is 0 Å². The largest absolute Gasteiger partial charge is 0.393 e. The van der Waals surface area contributed by atoms with E-state index in [1.165, 1.54) is 12.8 Å². The molecule has 1 aliphatic heterocycles. The lowest BCUT2D eigenvalue weighted by Gasteiger charge is -2.30. The van der Waals surface area contributed by atoms with Gasteiger partial charge >= 0.3 is 0 Å². The Morgan fingerprint density at radius 3 is 2.80 bits per heavy atom. The smallest absolute Gasteiger partial charge is 0.0555 e. The van der Waals surface area contributed by atoms with Gasteiger partial charge < -0.3 is 14.7 Å². The molecule has 15 heavy (non-hydrogen) atoms. The summed E-state index contributed by atoms with van der Waals surface area (Å²) in [5, 5.41) is 9.50. The molecule has 0 aromatic heterocycles. The minimum absolute atomic E-state index is 0.0555. The highest BCUT2D eigenvalue weighted by Gasteiger charge is 2.27. The van der Waals surface area contributed by atoms with Crippen molar-refractivity contribution in [3.8, 4) is 0 Å².